The van der Waals surface area contributed by atoms with Crippen molar-refractivity contribution in [3.8, 4) is 0 Å². The van der Waals surface area contributed by atoms with Gasteiger partial charge in [0.25, 0.3) is 6.43 Å². The van der Waals surface area contributed by atoms with Gasteiger partial charge in [0.05, 0.1) is 0 Å². The predicted molar refractivity (Wildman–Crippen MR) is 140 cm³/mol. The molecule has 190 valence electrons. The topological polar surface area (TPSA) is 106 Å². The van der Waals surface area contributed by atoms with Gasteiger partial charge in [-0.25, -0.2) is 8.78 Å². The van der Waals surface area contributed by atoms with Crippen LogP contribution >= 0.6 is 0 Å². The van der Waals surface area contributed by atoms with Crippen molar-refractivity contribution in [3.63, 3.8) is 0 Å². The van der Waals surface area contributed by atoms with Crippen LogP contribution in [0.1, 0.15) is 67.7 Å². The van der Waals surface area contributed by atoms with Crippen molar-refractivity contribution >= 4 is 17.4 Å². The Morgan fingerprint density at radius 2 is 2.00 bits per heavy atom. The number of hydrogen-bond acceptors (Lipinski definition) is 6. The fourth-order valence-corrected chi connectivity index (χ4v) is 4.51. The minimum Gasteiger partial charge on any atom is -0.404 e. The summed E-state index contributed by atoms with van der Waals surface area (Å²) in [5.41, 5.74) is 22.4. The molecule has 0 spiro atoms. The first-order chi connectivity index (χ1) is 16.4. The van der Waals surface area contributed by atoms with Crippen LogP contribution in [0, 0.1) is 0 Å². The zero-order valence-corrected chi connectivity index (χ0v) is 20.9. The van der Waals surface area contributed by atoms with Crippen LogP contribution in [0.3, 0.4) is 0 Å². The fraction of sp³-hybridized carbons (Fsp3) is 0.577. The highest BCUT2D eigenvalue weighted by atomic mass is 19.3. The molecule has 2 rings (SSSR count). The third-order valence-electron chi connectivity index (χ3n) is 6.42. The summed E-state index contributed by atoms with van der Waals surface area (Å²) in [5, 5.41) is 3.70. The third kappa shape index (κ3) is 7.35. The normalized spacial score (nSPS) is 16.6. The Kier molecular flexibility index (Phi) is 11.7. The molecule has 1 unspecified atom stereocenters. The first-order valence-corrected chi connectivity index (χ1v) is 12.3. The average Bonchev–Trinajstić information content (AvgIpc) is 2.83. The molecule has 0 saturated heterocycles. The number of benzene rings is 1. The van der Waals surface area contributed by atoms with Gasteiger partial charge in [-0.3, -0.25) is 4.99 Å². The molecular formula is C26H42F2N6. The lowest BCUT2D eigenvalue weighted by molar-refractivity contribution is 0.151. The lowest BCUT2D eigenvalue weighted by atomic mass is 9.86. The van der Waals surface area contributed by atoms with E-state index in [4.69, 9.17) is 17.2 Å². The summed E-state index contributed by atoms with van der Waals surface area (Å²) in [5.74, 6) is 0. The van der Waals surface area contributed by atoms with Gasteiger partial charge in [-0.15, -0.1) is 0 Å². The molecule has 1 atom stereocenters. The summed E-state index contributed by atoms with van der Waals surface area (Å²) in [6, 6.07) is 3.81. The highest BCUT2D eigenvalue weighted by molar-refractivity contribution is 6.10. The minimum atomic E-state index is -2.63. The van der Waals surface area contributed by atoms with Crippen LogP contribution < -0.4 is 22.5 Å². The first kappa shape index (κ1) is 28.0. The largest absolute Gasteiger partial charge is 0.404 e. The third-order valence-corrected chi connectivity index (χ3v) is 6.42. The molecule has 0 bridgehead atoms. The monoisotopic (exact) mass is 476 g/mol. The van der Waals surface area contributed by atoms with Crippen LogP contribution in [-0.4, -0.2) is 57.4 Å². The second-order valence-corrected chi connectivity index (χ2v) is 8.92. The number of halogens is 2. The molecule has 1 aliphatic rings. The number of unbranched alkanes of at least 4 members (excludes halogenated alkanes) is 1. The number of hydrogen-bond donors (Lipinski definition) is 4. The second kappa shape index (κ2) is 14.2. The van der Waals surface area contributed by atoms with E-state index in [1.54, 1.807) is 13.1 Å². The van der Waals surface area contributed by atoms with E-state index in [9.17, 15) is 8.78 Å². The van der Waals surface area contributed by atoms with E-state index in [-0.39, 0.29) is 11.6 Å². The molecule has 8 heteroatoms. The molecule has 34 heavy (non-hydrogen) atoms. The predicted octanol–water partition coefficient (Wildman–Crippen LogP) is 3.67. The van der Waals surface area contributed by atoms with Crippen LogP contribution in [0.4, 0.5) is 8.78 Å². The number of aliphatic imine (C=N–C) groups is 1. The fourth-order valence-electron chi connectivity index (χ4n) is 4.51. The molecule has 7 N–H and O–H groups in total. The Morgan fingerprint density at radius 3 is 2.59 bits per heavy atom. The van der Waals surface area contributed by atoms with Crippen LogP contribution in [0.2, 0.25) is 0 Å². The highest BCUT2D eigenvalue weighted by Crippen LogP contribution is 2.36. The van der Waals surface area contributed by atoms with Crippen molar-refractivity contribution in [2.75, 3.05) is 40.3 Å². The molecule has 0 aromatic heterocycles. The van der Waals surface area contributed by atoms with Gasteiger partial charge in [0.2, 0.25) is 0 Å². The zero-order valence-electron chi connectivity index (χ0n) is 20.9. The van der Waals surface area contributed by atoms with Gasteiger partial charge in [0.15, 0.2) is 0 Å². The number of rotatable bonds is 13. The molecule has 0 fully saturated rings. The number of aryl methyl sites for hydroxylation is 1. The standard InChI is InChI=1S/C26H42F2N6/c1-4-20(8-11-30)33-25-9-12-34(3)17-24(25)22-14-23(26(27)28)21(19(15-31)16-32-2)13-18(22)7-5-6-10-29/h13-16,20,26,33H,4-12,17,29-31H2,1-3H3/b19-15+,32-16?. The van der Waals surface area contributed by atoms with Crippen molar-refractivity contribution in [2.45, 2.75) is 57.9 Å². The lowest BCUT2D eigenvalue weighted by Crippen LogP contribution is -2.37. The van der Waals surface area contributed by atoms with Crippen LogP contribution in [0.15, 0.2) is 29.0 Å². The Labute approximate surface area is 203 Å². The SMILES string of the molecule is CCC(CCN)NC1=C(c2cc(C(F)F)c(/C(C=NC)=C/N)cc2CCCCN)CN(C)CC1. The molecule has 1 aromatic rings. The second-order valence-electron chi connectivity index (χ2n) is 8.92. The van der Waals surface area contributed by atoms with Crippen molar-refractivity contribution in [1.29, 1.82) is 0 Å². The number of allylic oxidation sites excluding steroid dienone is 1. The van der Waals surface area contributed by atoms with E-state index >= 15 is 0 Å². The molecule has 0 radical (unpaired) electrons. The van der Waals surface area contributed by atoms with Crippen molar-refractivity contribution in [2.24, 2.45) is 22.2 Å². The summed E-state index contributed by atoms with van der Waals surface area (Å²) in [4.78, 5) is 6.25. The van der Waals surface area contributed by atoms with Crippen LogP contribution in [0.5, 0.6) is 0 Å². The van der Waals surface area contributed by atoms with Gasteiger partial charge < -0.3 is 27.4 Å². The number of alkyl halides is 2. The summed E-state index contributed by atoms with van der Waals surface area (Å²) in [6.45, 7) is 4.96. The molecule has 1 aliphatic heterocycles. The van der Waals surface area contributed by atoms with E-state index in [1.165, 1.54) is 12.4 Å². The first-order valence-electron chi connectivity index (χ1n) is 12.3. The summed E-state index contributed by atoms with van der Waals surface area (Å²) in [6.07, 6.45) is 5.43. The maximum atomic E-state index is 14.3. The highest BCUT2D eigenvalue weighted by Gasteiger charge is 2.25. The van der Waals surface area contributed by atoms with Crippen LogP contribution in [-0.2, 0) is 6.42 Å². The average molecular weight is 477 g/mol. The summed E-state index contributed by atoms with van der Waals surface area (Å²) >= 11 is 0. The summed E-state index contributed by atoms with van der Waals surface area (Å²) < 4.78 is 28.6. The Balaban J connectivity index is 2.72. The molecule has 6 nitrogen and oxygen atoms in total. The molecule has 0 saturated carbocycles. The molecule has 1 heterocycles. The van der Waals surface area contributed by atoms with Crippen molar-refractivity contribution in [3.05, 3.63) is 46.3 Å². The maximum Gasteiger partial charge on any atom is 0.264 e. The van der Waals surface area contributed by atoms with E-state index in [2.05, 4.69) is 29.2 Å². The Bertz CT molecular complexity index is 878. The van der Waals surface area contributed by atoms with Crippen LogP contribution in [0.25, 0.3) is 11.1 Å². The van der Waals surface area contributed by atoms with E-state index in [0.717, 1.165) is 67.5 Å². The summed E-state index contributed by atoms with van der Waals surface area (Å²) in [7, 11) is 3.67. The Hall–Kier alpha value is -2.29. The van der Waals surface area contributed by atoms with Crippen molar-refractivity contribution in [1.82, 2.24) is 10.2 Å². The van der Waals surface area contributed by atoms with Gasteiger partial charge >= 0.3 is 0 Å². The zero-order chi connectivity index (χ0) is 25.1. The number of nitrogens with one attached hydrogen (secondary N) is 1. The van der Waals surface area contributed by atoms with E-state index in [0.29, 0.717) is 30.8 Å². The Morgan fingerprint density at radius 1 is 1.24 bits per heavy atom. The number of likely N-dealkylation sites (N-methyl/N-ethyl adjacent to an activating group) is 1. The van der Waals surface area contributed by atoms with E-state index in [1.807, 2.05) is 6.07 Å². The number of nitrogens with two attached hydrogens (primary N) is 3. The smallest absolute Gasteiger partial charge is 0.264 e. The molecule has 1 aromatic carbocycles. The number of nitrogens with zero attached hydrogens (tertiary/aromatic N) is 2. The minimum absolute atomic E-state index is 0.0248. The van der Waals surface area contributed by atoms with Gasteiger partial charge in [-0.05, 0) is 86.6 Å². The molecule has 0 aliphatic carbocycles. The van der Waals surface area contributed by atoms with Crippen molar-refractivity contribution < 1.29 is 8.78 Å². The van der Waals surface area contributed by atoms with Gasteiger partial charge in [0, 0.05) is 61.8 Å². The van der Waals surface area contributed by atoms with Gasteiger partial charge in [-0.1, -0.05) is 6.92 Å². The quantitative estimate of drug-likeness (QED) is 0.257. The van der Waals surface area contributed by atoms with Gasteiger partial charge in [-0.2, -0.15) is 0 Å². The van der Waals surface area contributed by atoms with Gasteiger partial charge in [0.1, 0.15) is 0 Å². The van der Waals surface area contributed by atoms with E-state index < -0.39 is 6.43 Å². The molecule has 0 amide bonds. The lowest BCUT2D eigenvalue weighted by Gasteiger charge is -2.32. The maximum absolute atomic E-state index is 14.3. The molecular weight excluding hydrogens is 434 g/mol.